The third-order valence-electron chi connectivity index (χ3n) is 4.67. The van der Waals surface area contributed by atoms with Crippen LogP contribution in [0.15, 0.2) is 52.4 Å². The Bertz CT molecular complexity index is 1070. The number of rotatable bonds is 6. The molecule has 0 aliphatic heterocycles. The summed E-state index contributed by atoms with van der Waals surface area (Å²) in [6.07, 6.45) is 0. The van der Waals surface area contributed by atoms with E-state index in [0.717, 1.165) is 16.8 Å². The van der Waals surface area contributed by atoms with Gasteiger partial charge in [-0.25, -0.2) is 4.98 Å². The first-order valence-electron chi connectivity index (χ1n) is 9.44. The molecule has 0 unspecified atom stereocenters. The van der Waals surface area contributed by atoms with Crippen molar-refractivity contribution < 1.29 is 4.79 Å². The van der Waals surface area contributed by atoms with Gasteiger partial charge >= 0.3 is 0 Å². The lowest BCUT2D eigenvalue weighted by molar-refractivity contribution is -0.113. The minimum atomic E-state index is -0.105. The largest absolute Gasteiger partial charge is 0.325 e. The van der Waals surface area contributed by atoms with E-state index in [4.69, 9.17) is 0 Å². The molecule has 2 aromatic carbocycles. The smallest absolute Gasteiger partial charge is 0.262 e. The Hall–Kier alpha value is -2.60. The van der Waals surface area contributed by atoms with Crippen molar-refractivity contribution in [3.05, 3.63) is 63.9 Å². The Morgan fingerprint density at radius 3 is 2.64 bits per heavy atom. The van der Waals surface area contributed by atoms with Crippen molar-refractivity contribution in [2.75, 3.05) is 11.1 Å². The van der Waals surface area contributed by atoms with Gasteiger partial charge in [0.25, 0.3) is 5.56 Å². The number of hydrogen-bond acceptors (Lipinski definition) is 4. The van der Waals surface area contributed by atoms with Gasteiger partial charge in [-0.2, -0.15) is 0 Å². The predicted molar refractivity (Wildman–Crippen MR) is 116 cm³/mol. The summed E-state index contributed by atoms with van der Waals surface area (Å²) in [4.78, 5) is 29.9. The fourth-order valence-corrected chi connectivity index (χ4v) is 4.05. The Balaban J connectivity index is 1.82. The molecular formula is C22H25N3O2S. The standard InChI is InChI=1S/C22H25N3O2S/c1-5-25-21(27)17-10-6-7-12-18(17)23-22(25)28-13-19(26)24-20-15(4)9-8-11-16(20)14(2)3/h6-12,14H,5,13H2,1-4H3,(H,24,26). The fourth-order valence-electron chi connectivity index (χ4n) is 3.18. The van der Waals surface area contributed by atoms with Gasteiger partial charge in [-0.3, -0.25) is 14.2 Å². The van der Waals surface area contributed by atoms with E-state index in [1.807, 2.05) is 50.2 Å². The Labute approximate surface area is 169 Å². The van der Waals surface area contributed by atoms with E-state index in [1.165, 1.54) is 11.8 Å². The van der Waals surface area contributed by atoms with Crippen molar-refractivity contribution in [2.24, 2.45) is 0 Å². The molecule has 1 amide bonds. The third kappa shape index (κ3) is 4.12. The minimum Gasteiger partial charge on any atom is -0.325 e. The molecule has 0 aliphatic rings. The van der Waals surface area contributed by atoms with E-state index in [9.17, 15) is 9.59 Å². The molecule has 28 heavy (non-hydrogen) atoms. The molecule has 6 heteroatoms. The van der Waals surface area contributed by atoms with Crippen molar-refractivity contribution in [3.63, 3.8) is 0 Å². The maximum Gasteiger partial charge on any atom is 0.262 e. The summed E-state index contributed by atoms with van der Waals surface area (Å²) in [6, 6.07) is 13.3. The van der Waals surface area contributed by atoms with Crippen LogP contribution in [0.25, 0.3) is 10.9 Å². The lowest BCUT2D eigenvalue weighted by Gasteiger charge is -2.16. The number of fused-ring (bicyclic) bond motifs is 1. The van der Waals surface area contributed by atoms with Gasteiger partial charge in [0.2, 0.25) is 5.91 Å². The number of carbonyl (C=O) groups is 1. The van der Waals surface area contributed by atoms with E-state index in [1.54, 1.807) is 10.6 Å². The lowest BCUT2D eigenvalue weighted by Crippen LogP contribution is -2.23. The van der Waals surface area contributed by atoms with Crippen LogP contribution in [0.1, 0.15) is 37.8 Å². The maximum absolute atomic E-state index is 12.7. The van der Waals surface area contributed by atoms with Crippen molar-refractivity contribution in [1.82, 2.24) is 9.55 Å². The maximum atomic E-state index is 12.7. The molecular weight excluding hydrogens is 370 g/mol. The molecule has 146 valence electrons. The first-order valence-corrected chi connectivity index (χ1v) is 10.4. The van der Waals surface area contributed by atoms with Gasteiger partial charge in [-0.15, -0.1) is 0 Å². The first-order chi connectivity index (χ1) is 13.4. The van der Waals surface area contributed by atoms with Gasteiger partial charge in [0, 0.05) is 12.2 Å². The molecule has 1 aromatic heterocycles. The Morgan fingerprint density at radius 1 is 1.18 bits per heavy atom. The Kier molecular flexibility index (Phi) is 6.19. The molecule has 1 heterocycles. The number of anilines is 1. The van der Waals surface area contributed by atoms with Gasteiger partial charge in [0.1, 0.15) is 0 Å². The summed E-state index contributed by atoms with van der Waals surface area (Å²) in [5, 5.41) is 4.21. The zero-order valence-electron chi connectivity index (χ0n) is 16.7. The van der Waals surface area contributed by atoms with Gasteiger partial charge in [-0.05, 0) is 43.0 Å². The van der Waals surface area contributed by atoms with Gasteiger partial charge < -0.3 is 5.32 Å². The lowest BCUT2D eigenvalue weighted by atomic mass is 9.98. The molecule has 0 radical (unpaired) electrons. The summed E-state index contributed by atoms with van der Waals surface area (Å²) in [5.74, 6) is 0.401. The predicted octanol–water partition coefficient (Wildman–Crippen LogP) is 4.58. The molecule has 0 spiro atoms. The molecule has 3 rings (SSSR count). The first kappa shape index (κ1) is 20.1. The zero-order chi connectivity index (χ0) is 20.3. The number of thioether (sulfide) groups is 1. The van der Waals surface area contributed by atoms with Crippen LogP contribution in [0.2, 0.25) is 0 Å². The molecule has 3 aromatic rings. The summed E-state index contributed by atoms with van der Waals surface area (Å²) in [6.45, 7) is 8.63. The van der Waals surface area contributed by atoms with Crippen LogP contribution in [-0.2, 0) is 11.3 Å². The highest BCUT2D eigenvalue weighted by atomic mass is 32.2. The summed E-state index contributed by atoms with van der Waals surface area (Å²) >= 11 is 1.29. The number of hydrogen-bond donors (Lipinski definition) is 1. The van der Waals surface area contributed by atoms with E-state index in [2.05, 4.69) is 24.1 Å². The molecule has 0 aliphatic carbocycles. The van der Waals surface area contributed by atoms with Gasteiger partial charge in [0.05, 0.1) is 16.7 Å². The van der Waals surface area contributed by atoms with Crippen LogP contribution in [0.4, 0.5) is 5.69 Å². The van der Waals surface area contributed by atoms with Crippen molar-refractivity contribution in [1.29, 1.82) is 0 Å². The van der Waals surface area contributed by atoms with Gasteiger partial charge in [0.15, 0.2) is 5.16 Å². The van der Waals surface area contributed by atoms with E-state index in [0.29, 0.717) is 28.5 Å². The highest BCUT2D eigenvalue weighted by molar-refractivity contribution is 7.99. The number of nitrogens with one attached hydrogen (secondary N) is 1. The van der Waals surface area contributed by atoms with E-state index < -0.39 is 0 Å². The zero-order valence-corrected chi connectivity index (χ0v) is 17.5. The molecule has 0 atom stereocenters. The third-order valence-corrected chi connectivity index (χ3v) is 5.64. The molecule has 0 fully saturated rings. The number of nitrogens with zero attached hydrogens (tertiary/aromatic N) is 2. The molecule has 0 bridgehead atoms. The second-order valence-corrected chi connectivity index (χ2v) is 7.93. The average molecular weight is 396 g/mol. The molecule has 1 N–H and O–H groups in total. The van der Waals surface area contributed by atoms with Crippen molar-refractivity contribution >= 4 is 34.3 Å². The molecule has 0 saturated heterocycles. The quantitative estimate of drug-likeness (QED) is 0.490. The monoisotopic (exact) mass is 395 g/mol. The summed E-state index contributed by atoms with van der Waals surface area (Å²) < 4.78 is 1.62. The van der Waals surface area contributed by atoms with E-state index in [-0.39, 0.29) is 17.2 Å². The van der Waals surface area contributed by atoms with Crippen LogP contribution in [0.3, 0.4) is 0 Å². The fraction of sp³-hybridized carbons (Fsp3) is 0.318. The highest BCUT2D eigenvalue weighted by Crippen LogP contribution is 2.28. The van der Waals surface area contributed by atoms with Crippen LogP contribution in [-0.4, -0.2) is 21.2 Å². The molecule has 0 saturated carbocycles. The second kappa shape index (κ2) is 8.61. The summed E-state index contributed by atoms with van der Waals surface area (Å²) in [7, 11) is 0. The topological polar surface area (TPSA) is 64.0 Å². The number of para-hydroxylation sites is 2. The van der Waals surface area contributed by atoms with E-state index >= 15 is 0 Å². The number of benzene rings is 2. The average Bonchev–Trinajstić information content (AvgIpc) is 2.68. The second-order valence-electron chi connectivity index (χ2n) is 6.99. The SMILES string of the molecule is CCn1c(SCC(=O)Nc2c(C)cccc2C(C)C)nc2ccccc2c1=O. The number of aryl methyl sites for hydroxylation is 1. The van der Waals surface area contributed by atoms with Gasteiger partial charge in [-0.1, -0.05) is 55.9 Å². The molecule has 5 nitrogen and oxygen atoms in total. The number of aromatic nitrogens is 2. The van der Waals surface area contributed by atoms with Crippen molar-refractivity contribution in [2.45, 2.75) is 45.3 Å². The van der Waals surface area contributed by atoms with Crippen LogP contribution < -0.4 is 10.9 Å². The van der Waals surface area contributed by atoms with Crippen LogP contribution in [0.5, 0.6) is 0 Å². The number of amides is 1. The van der Waals surface area contributed by atoms with Crippen LogP contribution in [0, 0.1) is 6.92 Å². The normalized spacial score (nSPS) is 11.2. The number of carbonyl (C=O) groups excluding carboxylic acids is 1. The Morgan fingerprint density at radius 2 is 1.93 bits per heavy atom. The van der Waals surface area contributed by atoms with Crippen LogP contribution >= 0.6 is 11.8 Å². The minimum absolute atomic E-state index is 0.0722. The van der Waals surface area contributed by atoms with Crippen molar-refractivity contribution in [3.8, 4) is 0 Å². The highest BCUT2D eigenvalue weighted by Gasteiger charge is 2.15. The summed E-state index contributed by atoms with van der Waals surface area (Å²) in [5.41, 5.74) is 3.62.